The summed E-state index contributed by atoms with van der Waals surface area (Å²) in [7, 11) is 0. The van der Waals surface area contributed by atoms with Gasteiger partial charge in [-0.3, -0.25) is 14.5 Å². The highest BCUT2D eigenvalue weighted by molar-refractivity contribution is 5.95. The molecule has 3 rings (SSSR count). The van der Waals surface area contributed by atoms with Gasteiger partial charge >= 0.3 is 0 Å². The maximum absolute atomic E-state index is 12.8. The molecular formula is C26H29N3O3. The molecule has 0 atom stereocenters. The summed E-state index contributed by atoms with van der Waals surface area (Å²) in [5, 5.41) is 5.84. The van der Waals surface area contributed by atoms with Crippen LogP contribution in [0.3, 0.4) is 0 Å². The lowest BCUT2D eigenvalue weighted by atomic mass is 10.2. The Morgan fingerprint density at radius 1 is 0.781 bits per heavy atom. The number of aryl methyl sites for hydroxylation is 1. The molecule has 0 saturated heterocycles. The van der Waals surface area contributed by atoms with Crippen molar-refractivity contribution in [1.29, 1.82) is 0 Å². The van der Waals surface area contributed by atoms with E-state index in [9.17, 15) is 9.59 Å². The molecule has 0 fully saturated rings. The molecule has 6 heteroatoms. The molecule has 0 spiro atoms. The first-order chi connectivity index (χ1) is 15.5. The van der Waals surface area contributed by atoms with Gasteiger partial charge in [-0.05, 0) is 55.8 Å². The first-order valence-corrected chi connectivity index (χ1v) is 10.7. The molecule has 2 amide bonds. The highest BCUT2D eigenvalue weighted by Crippen LogP contribution is 2.29. The second-order valence-corrected chi connectivity index (χ2v) is 7.53. The third-order valence-electron chi connectivity index (χ3n) is 4.83. The number of carbonyl (C=O) groups is 2. The first kappa shape index (κ1) is 23.0. The van der Waals surface area contributed by atoms with E-state index in [1.807, 2.05) is 91.5 Å². The molecule has 32 heavy (non-hydrogen) atoms. The fourth-order valence-corrected chi connectivity index (χ4v) is 3.30. The molecule has 0 radical (unpaired) electrons. The number of carbonyl (C=O) groups excluding carboxylic acids is 2. The molecule has 0 unspecified atom stereocenters. The van der Waals surface area contributed by atoms with Crippen molar-refractivity contribution in [3.8, 4) is 11.5 Å². The zero-order valence-corrected chi connectivity index (χ0v) is 18.5. The maximum Gasteiger partial charge on any atom is 0.238 e. The number of amides is 2. The number of nitrogens with one attached hydrogen (secondary N) is 2. The van der Waals surface area contributed by atoms with Crippen LogP contribution in [0.4, 0.5) is 11.4 Å². The lowest BCUT2D eigenvalue weighted by molar-refractivity contribution is -0.120. The lowest BCUT2D eigenvalue weighted by Gasteiger charge is -2.21. The van der Waals surface area contributed by atoms with E-state index in [1.54, 1.807) is 6.07 Å². The van der Waals surface area contributed by atoms with Crippen LogP contribution in [0, 0.1) is 6.92 Å². The maximum atomic E-state index is 12.8. The fourth-order valence-electron chi connectivity index (χ4n) is 3.30. The van der Waals surface area contributed by atoms with E-state index in [0.717, 1.165) is 17.7 Å². The lowest BCUT2D eigenvalue weighted by Crippen LogP contribution is -2.39. The molecule has 3 aromatic carbocycles. The number of hydrogen-bond acceptors (Lipinski definition) is 4. The number of ether oxygens (including phenoxy) is 1. The molecule has 6 nitrogen and oxygen atoms in total. The van der Waals surface area contributed by atoms with Crippen LogP contribution in [0.1, 0.15) is 18.9 Å². The Bertz CT molecular complexity index is 1040. The minimum absolute atomic E-state index is 0.106. The standard InChI is InChI=1S/C26H29N3O3/c1-3-17-29(18-25(30)27-22-14-8-7-11-20(22)2)19-26(31)28-23-15-9-10-16-24(23)32-21-12-5-4-6-13-21/h4-16H,3,17-19H2,1-2H3,(H,27,30)(H,28,31). The summed E-state index contributed by atoms with van der Waals surface area (Å²) < 4.78 is 5.91. The molecule has 0 bridgehead atoms. The third kappa shape index (κ3) is 6.96. The molecule has 166 valence electrons. The average molecular weight is 432 g/mol. The summed E-state index contributed by atoms with van der Waals surface area (Å²) in [5.41, 5.74) is 2.36. The number of rotatable bonds is 10. The van der Waals surface area contributed by atoms with E-state index in [1.165, 1.54) is 0 Å². The quantitative estimate of drug-likeness (QED) is 0.470. The van der Waals surface area contributed by atoms with Crippen LogP contribution in [0.25, 0.3) is 0 Å². The van der Waals surface area contributed by atoms with Gasteiger partial charge in [-0.1, -0.05) is 55.5 Å². The van der Waals surface area contributed by atoms with Crippen LogP contribution < -0.4 is 15.4 Å². The van der Waals surface area contributed by atoms with Crippen molar-refractivity contribution in [3.63, 3.8) is 0 Å². The molecular weight excluding hydrogens is 402 g/mol. The van der Waals surface area contributed by atoms with E-state index in [2.05, 4.69) is 10.6 Å². The summed E-state index contributed by atoms with van der Waals surface area (Å²) in [5.74, 6) is 0.903. The van der Waals surface area contributed by atoms with Crippen molar-refractivity contribution in [2.75, 3.05) is 30.3 Å². The van der Waals surface area contributed by atoms with E-state index < -0.39 is 0 Å². The Labute approximate surface area is 189 Å². The SMILES string of the molecule is CCCN(CC(=O)Nc1ccccc1C)CC(=O)Nc1ccccc1Oc1ccccc1. The topological polar surface area (TPSA) is 70.7 Å². The first-order valence-electron chi connectivity index (χ1n) is 10.7. The minimum atomic E-state index is -0.203. The van der Waals surface area contributed by atoms with Crippen molar-refractivity contribution in [2.45, 2.75) is 20.3 Å². The number of anilines is 2. The van der Waals surface area contributed by atoms with Gasteiger partial charge in [0.25, 0.3) is 0 Å². The van der Waals surface area contributed by atoms with E-state index in [-0.39, 0.29) is 24.9 Å². The van der Waals surface area contributed by atoms with Crippen LogP contribution in [0.15, 0.2) is 78.9 Å². The smallest absolute Gasteiger partial charge is 0.238 e. The average Bonchev–Trinajstić information content (AvgIpc) is 2.77. The predicted octanol–water partition coefficient (Wildman–Crippen LogP) is 5.08. The highest BCUT2D eigenvalue weighted by atomic mass is 16.5. The number of nitrogens with zero attached hydrogens (tertiary/aromatic N) is 1. The van der Waals surface area contributed by atoms with Crippen molar-refractivity contribution < 1.29 is 14.3 Å². The van der Waals surface area contributed by atoms with Gasteiger partial charge in [0.2, 0.25) is 11.8 Å². The van der Waals surface area contributed by atoms with E-state index in [0.29, 0.717) is 23.7 Å². The predicted molar refractivity (Wildman–Crippen MR) is 128 cm³/mol. The number of para-hydroxylation sites is 4. The molecule has 0 aliphatic carbocycles. The van der Waals surface area contributed by atoms with Crippen molar-refractivity contribution in [2.24, 2.45) is 0 Å². The fraction of sp³-hybridized carbons (Fsp3) is 0.231. The second kappa shape index (κ2) is 11.7. The van der Waals surface area contributed by atoms with Gasteiger partial charge in [0.1, 0.15) is 5.75 Å². The van der Waals surface area contributed by atoms with Crippen LogP contribution in [0.5, 0.6) is 11.5 Å². The second-order valence-electron chi connectivity index (χ2n) is 7.53. The summed E-state index contributed by atoms with van der Waals surface area (Å²) in [6, 6.07) is 24.3. The summed E-state index contributed by atoms with van der Waals surface area (Å²) in [4.78, 5) is 27.1. The number of hydrogen-bond donors (Lipinski definition) is 2. The Balaban J connectivity index is 1.60. The molecule has 3 aromatic rings. The van der Waals surface area contributed by atoms with Gasteiger partial charge in [0, 0.05) is 5.69 Å². The normalized spacial score (nSPS) is 10.6. The highest BCUT2D eigenvalue weighted by Gasteiger charge is 2.16. The van der Waals surface area contributed by atoms with Crippen molar-refractivity contribution in [3.05, 3.63) is 84.4 Å². The van der Waals surface area contributed by atoms with Gasteiger partial charge in [0.05, 0.1) is 18.8 Å². The van der Waals surface area contributed by atoms with Crippen LogP contribution >= 0.6 is 0 Å². The molecule has 0 heterocycles. The molecule has 0 aliphatic heterocycles. The van der Waals surface area contributed by atoms with Gasteiger partial charge in [-0.2, -0.15) is 0 Å². The Morgan fingerprint density at radius 2 is 1.34 bits per heavy atom. The molecule has 2 N–H and O–H groups in total. The number of benzene rings is 3. The zero-order valence-electron chi connectivity index (χ0n) is 18.5. The van der Waals surface area contributed by atoms with E-state index >= 15 is 0 Å². The summed E-state index contributed by atoms with van der Waals surface area (Å²) in [6.45, 7) is 4.85. The third-order valence-corrected chi connectivity index (χ3v) is 4.83. The Morgan fingerprint density at radius 3 is 2.00 bits per heavy atom. The molecule has 0 saturated carbocycles. The van der Waals surface area contributed by atoms with Crippen LogP contribution in [-0.2, 0) is 9.59 Å². The van der Waals surface area contributed by atoms with Crippen LogP contribution in [-0.4, -0.2) is 36.3 Å². The van der Waals surface area contributed by atoms with Gasteiger partial charge in [-0.25, -0.2) is 0 Å². The van der Waals surface area contributed by atoms with Gasteiger partial charge in [-0.15, -0.1) is 0 Å². The summed E-state index contributed by atoms with van der Waals surface area (Å²) in [6.07, 6.45) is 0.832. The van der Waals surface area contributed by atoms with Gasteiger partial charge < -0.3 is 15.4 Å². The van der Waals surface area contributed by atoms with E-state index in [4.69, 9.17) is 4.74 Å². The minimum Gasteiger partial charge on any atom is -0.455 e. The Kier molecular flexibility index (Phi) is 8.40. The largest absolute Gasteiger partial charge is 0.455 e. The van der Waals surface area contributed by atoms with Crippen LogP contribution in [0.2, 0.25) is 0 Å². The van der Waals surface area contributed by atoms with Crippen molar-refractivity contribution in [1.82, 2.24) is 4.90 Å². The molecule has 0 aliphatic rings. The zero-order chi connectivity index (χ0) is 22.8. The van der Waals surface area contributed by atoms with Gasteiger partial charge in [0.15, 0.2) is 5.75 Å². The molecule has 0 aromatic heterocycles. The Hall–Kier alpha value is -3.64. The van der Waals surface area contributed by atoms with Crippen molar-refractivity contribution >= 4 is 23.2 Å². The monoisotopic (exact) mass is 431 g/mol. The summed E-state index contributed by atoms with van der Waals surface area (Å²) >= 11 is 0.